The number of alkyl halides is 3. The normalized spacial score (nSPS) is 17.2. The SMILES string of the molecule is CCN(c1cc(C(F)(F)F)ccc1C#N)C1CCN(c2cccnc2)C1. The number of nitrogens with zero attached hydrogens (tertiary/aromatic N) is 4. The molecular weight excluding hydrogens is 341 g/mol. The summed E-state index contributed by atoms with van der Waals surface area (Å²) in [7, 11) is 0. The van der Waals surface area contributed by atoms with Gasteiger partial charge in [-0.2, -0.15) is 18.4 Å². The summed E-state index contributed by atoms with van der Waals surface area (Å²) >= 11 is 0. The summed E-state index contributed by atoms with van der Waals surface area (Å²) in [6.45, 7) is 3.91. The Morgan fingerprint density at radius 1 is 1.35 bits per heavy atom. The van der Waals surface area contributed by atoms with Crippen LogP contribution in [0.1, 0.15) is 24.5 Å². The van der Waals surface area contributed by atoms with Crippen molar-refractivity contribution in [2.24, 2.45) is 0 Å². The van der Waals surface area contributed by atoms with Gasteiger partial charge in [-0.3, -0.25) is 4.98 Å². The van der Waals surface area contributed by atoms with Crippen molar-refractivity contribution in [2.75, 3.05) is 29.4 Å². The van der Waals surface area contributed by atoms with Crippen molar-refractivity contribution in [3.63, 3.8) is 0 Å². The van der Waals surface area contributed by atoms with Crippen molar-refractivity contribution in [3.8, 4) is 6.07 Å². The fraction of sp³-hybridized carbons (Fsp3) is 0.368. The Bertz CT molecular complexity index is 799. The van der Waals surface area contributed by atoms with Crippen LogP contribution in [0, 0.1) is 11.3 Å². The summed E-state index contributed by atoms with van der Waals surface area (Å²) < 4.78 is 39.3. The number of hydrogen-bond acceptors (Lipinski definition) is 4. The second kappa shape index (κ2) is 7.24. The fourth-order valence-electron chi connectivity index (χ4n) is 3.44. The molecule has 1 aromatic heterocycles. The lowest BCUT2D eigenvalue weighted by Crippen LogP contribution is -2.38. The van der Waals surface area contributed by atoms with Gasteiger partial charge in [0.1, 0.15) is 6.07 Å². The van der Waals surface area contributed by atoms with Gasteiger partial charge in [-0.05, 0) is 43.7 Å². The van der Waals surface area contributed by atoms with Crippen LogP contribution in [0.3, 0.4) is 0 Å². The number of likely N-dealkylation sites (N-methyl/N-ethyl adjacent to an activating group) is 1. The van der Waals surface area contributed by atoms with Crippen molar-refractivity contribution in [1.82, 2.24) is 4.98 Å². The molecular formula is C19H19F3N4. The third-order valence-corrected chi connectivity index (χ3v) is 4.71. The molecule has 1 fully saturated rings. The first-order valence-electron chi connectivity index (χ1n) is 8.47. The molecule has 0 spiro atoms. The monoisotopic (exact) mass is 360 g/mol. The van der Waals surface area contributed by atoms with E-state index in [0.29, 0.717) is 18.8 Å². The van der Waals surface area contributed by atoms with Gasteiger partial charge >= 0.3 is 6.18 Å². The van der Waals surface area contributed by atoms with Crippen LogP contribution < -0.4 is 9.80 Å². The lowest BCUT2D eigenvalue weighted by atomic mass is 10.1. The maximum absolute atomic E-state index is 13.1. The smallest absolute Gasteiger partial charge is 0.368 e. The van der Waals surface area contributed by atoms with Crippen molar-refractivity contribution < 1.29 is 13.2 Å². The molecule has 3 rings (SSSR count). The van der Waals surface area contributed by atoms with E-state index in [9.17, 15) is 18.4 Å². The first kappa shape index (κ1) is 18.1. The largest absolute Gasteiger partial charge is 0.416 e. The van der Waals surface area contributed by atoms with Crippen LogP contribution in [0.5, 0.6) is 0 Å². The Morgan fingerprint density at radius 3 is 2.77 bits per heavy atom. The molecule has 1 atom stereocenters. The zero-order valence-electron chi connectivity index (χ0n) is 14.4. The average Bonchev–Trinajstić information content (AvgIpc) is 3.12. The van der Waals surface area contributed by atoms with E-state index in [2.05, 4.69) is 9.88 Å². The molecule has 0 aliphatic carbocycles. The van der Waals surface area contributed by atoms with Crippen molar-refractivity contribution in [1.29, 1.82) is 5.26 Å². The number of hydrogen-bond donors (Lipinski definition) is 0. The van der Waals surface area contributed by atoms with E-state index in [4.69, 9.17) is 0 Å². The van der Waals surface area contributed by atoms with Crippen LogP contribution >= 0.6 is 0 Å². The number of halogens is 3. The highest BCUT2D eigenvalue weighted by Gasteiger charge is 2.33. The molecule has 0 N–H and O–H groups in total. The molecule has 7 heteroatoms. The molecule has 4 nitrogen and oxygen atoms in total. The van der Waals surface area contributed by atoms with Crippen molar-refractivity contribution >= 4 is 11.4 Å². The second-order valence-corrected chi connectivity index (χ2v) is 6.23. The zero-order chi connectivity index (χ0) is 18.7. The number of rotatable bonds is 4. The second-order valence-electron chi connectivity index (χ2n) is 6.23. The van der Waals surface area contributed by atoms with E-state index in [1.165, 1.54) is 6.07 Å². The highest BCUT2D eigenvalue weighted by molar-refractivity contribution is 5.62. The molecule has 1 saturated heterocycles. The van der Waals surface area contributed by atoms with Crippen LogP contribution in [-0.4, -0.2) is 30.7 Å². The predicted molar refractivity (Wildman–Crippen MR) is 94.0 cm³/mol. The molecule has 26 heavy (non-hydrogen) atoms. The Balaban J connectivity index is 1.89. The molecule has 1 unspecified atom stereocenters. The molecule has 0 amide bonds. The van der Waals surface area contributed by atoms with Crippen LogP contribution in [0.4, 0.5) is 24.5 Å². The van der Waals surface area contributed by atoms with Gasteiger partial charge in [0.25, 0.3) is 0 Å². The molecule has 136 valence electrons. The maximum atomic E-state index is 13.1. The fourth-order valence-corrected chi connectivity index (χ4v) is 3.44. The van der Waals surface area contributed by atoms with E-state index in [1.807, 2.05) is 30.0 Å². The molecule has 0 saturated carbocycles. The lowest BCUT2D eigenvalue weighted by molar-refractivity contribution is -0.137. The Morgan fingerprint density at radius 2 is 2.15 bits per heavy atom. The van der Waals surface area contributed by atoms with Gasteiger partial charge in [-0.25, -0.2) is 0 Å². The molecule has 1 aromatic carbocycles. The number of pyridine rings is 1. The van der Waals surface area contributed by atoms with E-state index in [-0.39, 0.29) is 11.6 Å². The number of aromatic nitrogens is 1. The van der Waals surface area contributed by atoms with Gasteiger partial charge in [0, 0.05) is 31.9 Å². The first-order valence-corrected chi connectivity index (χ1v) is 8.47. The summed E-state index contributed by atoms with van der Waals surface area (Å²) in [6, 6.07) is 9.21. The quantitative estimate of drug-likeness (QED) is 0.824. The molecule has 0 radical (unpaired) electrons. The highest BCUT2D eigenvalue weighted by Crippen LogP contribution is 2.35. The van der Waals surface area contributed by atoms with Gasteiger partial charge in [0.05, 0.1) is 28.7 Å². The van der Waals surface area contributed by atoms with Crippen molar-refractivity contribution in [3.05, 3.63) is 53.9 Å². The van der Waals surface area contributed by atoms with Gasteiger partial charge in [0.15, 0.2) is 0 Å². The molecule has 0 bridgehead atoms. The minimum atomic E-state index is -4.43. The number of anilines is 2. The summed E-state index contributed by atoms with van der Waals surface area (Å²) in [6.07, 6.45) is -0.135. The third-order valence-electron chi connectivity index (χ3n) is 4.71. The summed E-state index contributed by atoms with van der Waals surface area (Å²) in [5, 5.41) is 9.35. The topological polar surface area (TPSA) is 43.2 Å². The standard InChI is InChI=1S/C19H19F3N4/c1-2-26(17-7-9-25(13-17)16-4-3-8-24-12-16)18-10-15(19(20,21)22)6-5-14(18)11-23/h3-6,8,10,12,17H,2,7,9,13H2,1H3. The van der Waals surface area contributed by atoms with E-state index in [1.54, 1.807) is 12.4 Å². The number of benzene rings is 1. The highest BCUT2D eigenvalue weighted by atomic mass is 19.4. The Labute approximate surface area is 150 Å². The minimum Gasteiger partial charge on any atom is -0.368 e. The van der Waals surface area contributed by atoms with Gasteiger partial charge in [-0.15, -0.1) is 0 Å². The predicted octanol–water partition coefficient (Wildman–Crippen LogP) is 4.08. The first-order chi connectivity index (χ1) is 12.4. The molecule has 1 aliphatic rings. The lowest BCUT2D eigenvalue weighted by Gasteiger charge is -2.31. The van der Waals surface area contributed by atoms with Gasteiger partial charge in [-0.1, -0.05) is 0 Å². The van der Waals surface area contributed by atoms with E-state index >= 15 is 0 Å². The van der Waals surface area contributed by atoms with Crippen LogP contribution in [0.15, 0.2) is 42.7 Å². The Hall–Kier alpha value is -2.75. The summed E-state index contributed by atoms with van der Waals surface area (Å²) in [5.41, 5.74) is 0.880. The molecule has 1 aliphatic heterocycles. The Kier molecular flexibility index (Phi) is 5.03. The van der Waals surface area contributed by atoms with E-state index < -0.39 is 11.7 Å². The summed E-state index contributed by atoms with van der Waals surface area (Å²) in [5.74, 6) is 0. The average molecular weight is 360 g/mol. The molecule has 2 heterocycles. The van der Waals surface area contributed by atoms with E-state index in [0.717, 1.165) is 30.8 Å². The maximum Gasteiger partial charge on any atom is 0.416 e. The van der Waals surface area contributed by atoms with Gasteiger partial charge < -0.3 is 9.80 Å². The van der Waals surface area contributed by atoms with Crippen LogP contribution in [0.2, 0.25) is 0 Å². The summed E-state index contributed by atoms with van der Waals surface area (Å²) in [4.78, 5) is 8.19. The van der Waals surface area contributed by atoms with Gasteiger partial charge in [0.2, 0.25) is 0 Å². The van der Waals surface area contributed by atoms with Crippen molar-refractivity contribution in [2.45, 2.75) is 25.6 Å². The van der Waals surface area contributed by atoms with Crippen LogP contribution in [-0.2, 0) is 6.18 Å². The van der Waals surface area contributed by atoms with Crippen LogP contribution in [0.25, 0.3) is 0 Å². The zero-order valence-corrected chi connectivity index (χ0v) is 14.4. The molecule has 2 aromatic rings. The third kappa shape index (κ3) is 3.59. The number of nitriles is 1. The minimum absolute atomic E-state index is 0.0378.